The third-order valence-electron chi connectivity index (χ3n) is 2.59. The summed E-state index contributed by atoms with van der Waals surface area (Å²) in [5.41, 5.74) is 1.23. The number of anilines is 1. The molecule has 1 amide bonds. The number of sulfone groups is 1. The van der Waals surface area contributed by atoms with Crippen molar-refractivity contribution in [2.75, 3.05) is 11.1 Å². The fourth-order valence-corrected chi connectivity index (χ4v) is 3.13. The van der Waals surface area contributed by atoms with Gasteiger partial charge >= 0.3 is 0 Å². The van der Waals surface area contributed by atoms with Crippen molar-refractivity contribution in [1.29, 1.82) is 0 Å². The lowest BCUT2D eigenvalue weighted by atomic mass is 10.3. The number of para-hydroxylation sites is 1. The van der Waals surface area contributed by atoms with E-state index in [1.807, 2.05) is 0 Å². The summed E-state index contributed by atoms with van der Waals surface area (Å²) in [6.07, 6.45) is 0. The van der Waals surface area contributed by atoms with Crippen LogP contribution in [0.3, 0.4) is 0 Å². The third kappa shape index (κ3) is 2.86. The van der Waals surface area contributed by atoms with E-state index in [0.29, 0.717) is 0 Å². The minimum Gasteiger partial charge on any atom is -0.317 e. The van der Waals surface area contributed by atoms with E-state index < -0.39 is 21.6 Å². The zero-order valence-corrected chi connectivity index (χ0v) is 12.1. The van der Waals surface area contributed by atoms with Crippen molar-refractivity contribution in [3.63, 3.8) is 0 Å². The Morgan fingerprint density at radius 3 is 2.80 bits per heavy atom. The van der Waals surface area contributed by atoms with Gasteiger partial charge < -0.3 is 5.32 Å². The number of hydrogen-bond donors (Lipinski definition) is 1. The van der Waals surface area contributed by atoms with Crippen LogP contribution in [0.4, 0.5) is 10.1 Å². The Labute approximate surface area is 119 Å². The molecule has 0 aliphatic carbocycles. The summed E-state index contributed by atoms with van der Waals surface area (Å²) in [6.45, 7) is 1.45. The lowest BCUT2D eigenvalue weighted by Crippen LogP contribution is -2.17. The Bertz CT molecular complexity index is 727. The first-order valence-electron chi connectivity index (χ1n) is 5.66. The molecule has 0 atom stereocenters. The summed E-state index contributed by atoms with van der Waals surface area (Å²) in [7, 11) is -3.64. The molecule has 1 aromatic carbocycles. The van der Waals surface area contributed by atoms with E-state index in [1.165, 1.54) is 41.3 Å². The molecule has 0 saturated carbocycles. The highest BCUT2D eigenvalue weighted by Crippen LogP contribution is 2.26. The Hall–Kier alpha value is -1.80. The Balaban J connectivity index is 2.44. The van der Waals surface area contributed by atoms with E-state index in [2.05, 4.69) is 10.3 Å². The highest BCUT2D eigenvalue weighted by molar-refractivity contribution is 7.91. The number of amides is 1. The number of rotatable bonds is 4. The van der Waals surface area contributed by atoms with Crippen LogP contribution >= 0.6 is 11.3 Å². The number of thiazole rings is 1. The van der Waals surface area contributed by atoms with Crippen LogP contribution in [0.5, 0.6) is 0 Å². The van der Waals surface area contributed by atoms with Gasteiger partial charge in [0, 0.05) is 5.38 Å². The Morgan fingerprint density at radius 2 is 2.20 bits per heavy atom. The summed E-state index contributed by atoms with van der Waals surface area (Å²) >= 11 is 1.21. The van der Waals surface area contributed by atoms with Gasteiger partial charge in [0.05, 0.1) is 21.8 Å². The van der Waals surface area contributed by atoms with Crippen molar-refractivity contribution < 1.29 is 17.6 Å². The normalized spacial score (nSPS) is 11.3. The van der Waals surface area contributed by atoms with Crippen molar-refractivity contribution in [2.24, 2.45) is 0 Å². The molecule has 0 fully saturated rings. The van der Waals surface area contributed by atoms with Crippen LogP contribution in [0.25, 0.3) is 0 Å². The van der Waals surface area contributed by atoms with Gasteiger partial charge in [-0.2, -0.15) is 0 Å². The maximum absolute atomic E-state index is 13.8. The van der Waals surface area contributed by atoms with Crippen LogP contribution in [0.1, 0.15) is 17.4 Å². The van der Waals surface area contributed by atoms with Crippen LogP contribution in [0, 0.1) is 5.82 Å². The van der Waals surface area contributed by atoms with Crippen molar-refractivity contribution in [3.8, 4) is 0 Å². The molecule has 1 N–H and O–H groups in total. The Morgan fingerprint density at radius 1 is 1.45 bits per heavy atom. The van der Waals surface area contributed by atoms with Crippen LogP contribution in [-0.4, -0.2) is 25.1 Å². The number of hydrogen-bond acceptors (Lipinski definition) is 5. The van der Waals surface area contributed by atoms with Gasteiger partial charge in [-0.25, -0.2) is 17.8 Å². The molecule has 0 aliphatic heterocycles. The number of carbonyl (C=O) groups is 1. The van der Waals surface area contributed by atoms with Gasteiger partial charge in [0.1, 0.15) is 11.5 Å². The van der Waals surface area contributed by atoms with Crippen LogP contribution in [0.2, 0.25) is 0 Å². The van der Waals surface area contributed by atoms with Gasteiger partial charge in [-0.15, -0.1) is 11.3 Å². The second kappa shape index (κ2) is 5.68. The van der Waals surface area contributed by atoms with Crippen LogP contribution < -0.4 is 5.32 Å². The van der Waals surface area contributed by atoms with E-state index in [-0.39, 0.29) is 22.0 Å². The summed E-state index contributed by atoms with van der Waals surface area (Å²) in [6, 6.07) is 3.64. The molecule has 0 bridgehead atoms. The largest absolute Gasteiger partial charge is 0.317 e. The van der Waals surface area contributed by atoms with E-state index >= 15 is 0 Å². The minimum atomic E-state index is -3.64. The zero-order chi connectivity index (χ0) is 14.8. The molecule has 1 heterocycles. The summed E-state index contributed by atoms with van der Waals surface area (Å²) in [5.74, 6) is -1.64. The molecule has 5 nitrogen and oxygen atoms in total. The highest BCUT2D eigenvalue weighted by atomic mass is 32.2. The molecular weight excluding hydrogens is 303 g/mol. The Kier molecular flexibility index (Phi) is 4.15. The van der Waals surface area contributed by atoms with E-state index in [4.69, 9.17) is 0 Å². The standard InChI is InChI=1S/C12H11FN2O3S2/c1-2-20(17,18)10-5-3-4-8(13)11(10)15-12(16)9-6-19-7-14-9/h3-7H,2H2,1H3,(H,15,16). The SMILES string of the molecule is CCS(=O)(=O)c1cccc(F)c1NC(=O)c1cscn1. The molecule has 0 aliphatic rings. The summed E-state index contributed by atoms with van der Waals surface area (Å²) in [5, 5.41) is 3.76. The quantitative estimate of drug-likeness (QED) is 0.939. The van der Waals surface area contributed by atoms with Gasteiger partial charge in [-0.3, -0.25) is 4.79 Å². The molecule has 0 unspecified atom stereocenters. The van der Waals surface area contributed by atoms with Crippen molar-refractivity contribution in [3.05, 3.63) is 40.6 Å². The van der Waals surface area contributed by atoms with Gasteiger partial charge in [0.15, 0.2) is 9.84 Å². The predicted octanol–water partition coefficient (Wildman–Crippen LogP) is 2.33. The monoisotopic (exact) mass is 314 g/mol. The van der Waals surface area contributed by atoms with Crippen LogP contribution in [0.15, 0.2) is 34.0 Å². The second-order valence-corrected chi connectivity index (χ2v) is 6.81. The topological polar surface area (TPSA) is 76.1 Å². The summed E-state index contributed by atoms with van der Waals surface area (Å²) < 4.78 is 37.6. The molecule has 2 aromatic rings. The third-order valence-corrected chi connectivity index (χ3v) is 4.95. The van der Waals surface area contributed by atoms with Gasteiger partial charge in [-0.05, 0) is 12.1 Å². The molecule has 20 heavy (non-hydrogen) atoms. The zero-order valence-electron chi connectivity index (χ0n) is 10.5. The average Bonchev–Trinajstić information content (AvgIpc) is 2.95. The maximum atomic E-state index is 13.8. The van der Waals surface area contributed by atoms with Crippen molar-refractivity contribution in [2.45, 2.75) is 11.8 Å². The molecular formula is C12H11FN2O3S2. The molecule has 8 heteroatoms. The first-order chi connectivity index (χ1) is 9.45. The number of benzene rings is 1. The van der Waals surface area contributed by atoms with Gasteiger partial charge in [0.2, 0.25) is 0 Å². The number of carbonyl (C=O) groups excluding carboxylic acids is 1. The predicted molar refractivity (Wildman–Crippen MR) is 74.2 cm³/mol. The minimum absolute atomic E-state index is 0.109. The smallest absolute Gasteiger partial charge is 0.275 e. The number of nitrogens with one attached hydrogen (secondary N) is 1. The van der Waals surface area contributed by atoms with E-state index in [9.17, 15) is 17.6 Å². The molecule has 1 aromatic heterocycles. The second-order valence-electron chi connectivity index (χ2n) is 3.84. The lowest BCUT2D eigenvalue weighted by Gasteiger charge is -2.11. The molecule has 106 valence electrons. The lowest BCUT2D eigenvalue weighted by molar-refractivity contribution is 0.102. The molecule has 2 rings (SSSR count). The van der Waals surface area contributed by atoms with Gasteiger partial charge in [-0.1, -0.05) is 13.0 Å². The number of nitrogens with zero attached hydrogens (tertiary/aromatic N) is 1. The molecule has 0 saturated heterocycles. The molecule has 0 radical (unpaired) electrons. The van der Waals surface area contributed by atoms with E-state index in [0.717, 1.165) is 6.07 Å². The number of halogens is 1. The van der Waals surface area contributed by atoms with Crippen molar-refractivity contribution >= 4 is 32.8 Å². The van der Waals surface area contributed by atoms with E-state index in [1.54, 1.807) is 0 Å². The maximum Gasteiger partial charge on any atom is 0.275 e. The fraction of sp³-hybridized carbons (Fsp3) is 0.167. The average molecular weight is 314 g/mol. The highest BCUT2D eigenvalue weighted by Gasteiger charge is 2.21. The fourth-order valence-electron chi connectivity index (χ4n) is 1.54. The first-order valence-corrected chi connectivity index (χ1v) is 8.26. The van der Waals surface area contributed by atoms with Crippen molar-refractivity contribution in [1.82, 2.24) is 4.98 Å². The van der Waals surface area contributed by atoms with Crippen LogP contribution in [-0.2, 0) is 9.84 Å². The number of aromatic nitrogens is 1. The molecule has 0 spiro atoms. The summed E-state index contributed by atoms with van der Waals surface area (Å²) in [4.78, 5) is 15.4. The van der Waals surface area contributed by atoms with Gasteiger partial charge in [0.25, 0.3) is 5.91 Å². The first kappa shape index (κ1) is 14.6.